The predicted molar refractivity (Wildman–Crippen MR) is 117 cm³/mol. The van der Waals surface area contributed by atoms with Gasteiger partial charge in [0.05, 0.1) is 12.1 Å². The number of hydrogen-bond acceptors (Lipinski definition) is 4. The molecule has 1 heterocycles. The van der Waals surface area contributed by atoms with Gasteiger partial charge in [-0.1, -0.05) is 29.3 Å². The standard InChI is InChI=1S/C23H19Cl2NO4/c24-17-2-1-3-18(25)23(17)20(12-27)30-15-7-8-19-16(10-15)22(13-4-5-13)14(11-26-19)6-9-21(28)29/h1-3,6-11,13,20,27H,4-5,12H2,(H,28,29)/b9-6+/t20-/m0/s1. The largest absolute Gasteiger partial charge is 0.483 e. The number of carboxylic acid groups (broad SMARTS) is 1. The molecule has 3 aromatic rings. The molecule has 0 spiro atoms. The molecule has 0 unspecified atom stereocenters. The summed E-state index contributed by atoms with van der Waals surface area (Å²) in [6.07, 6.45) is 5.78. The second-order valence-corrected chi connectivity index (χ2v) is 7.99. The van der Waals surface area contributed by atoms with Gasteiger partial charge in [-0.2, -0.15) is 0 Å². The van der Waals surface area contributed by atoms with E-state index in [0.29, 0.717) is 27.3 Å². The molecule has 0 saturated heterocycles. The zero-order chi connectivity index (χ0) is 21.3. The highest BCUT2D eigenvalue weighted by Crippen LogP contribution is 2.45. The summed E-state index contributed by atoms with van der Waals surface area (Å²) >= 11 is 12.6. The molecule has 2 aromatic carbocycles. The molecule has 0 radical (unpaired) electrons. The summed E-state index contributed by atoms with van der Waals surface area (Å²) in [5.41, 5.74) is 3.19. The minimum absolute atomic E-state index is 0.295. The van der Waals surface area contributed by atoms with E-state index < -0.39 is 12.1 Å². The normalized spacial score (nSPS) is 14.9. The number of aromatic nitrogens is 1. The average Bonchev–Trinajstić information content (AvgIpc) is 3.55. The lowest BCUT2D eigenvalue weighted by Crippen LogP contribution is -2.13. The number of pyridine rings is 1. The molecule has 4 rings (SSSR count). The van der Waals surface area contributed by atoms with E-state index >= 15 is 0 Å². The highest BCUT2D eigenvalue weighted by Gasteiger charge is 2.28. The molecule has 2 N–H and O–H groups in total. The molecular weight excluding hydrogens is 425 g/mol. The zero-order valence-corrected chi connectivity index (χ0v) is 17.4. The van der Waals surface area contributed by atoms with Crippen LogP contribution in [0.15, 0.2) is 48.7 Å². The Balaban J connectivity index is 1.75. The number of aliphatic hydroxyl groups is 1. The first kappa shape index (κ1) is 20.7. The molecule has 0 amide bonds. The van der Waals surface area contributed by atoms with E-state index in [9.17, 15) is 9.90 Å². The van der Waals surface area contributed by atoms with Crippen molar-refractivity contribution in [3.8, 4) is 5.75 Å². The van der Waals surface area contributed by atoms with Gasteiger partial charge in [0.1, 0.15) is 11.9 Å². The quantitative estimate of drug-likeness (QED) is 0.462. The predicted octanol–water partition coefficient (Wildman–Crippen LogP) is 5.63. The number of rotatable bonds is 7. The summed E-state index contributed by atoms with van der Waals surface area (Å²) in [7, 11) is 0. The fourth-order valence-electron chi connectivity index (χ4n) is 3.57. The molecule has 154 valence electrons. The summed E-state index contributed by atoms with van der Waals surface area (Å²) in [5, 5.41) is 20.6. The van der Waals surface area contributed by atoms with Crippen LogP contribution < -0.4 is 4.74 Å². The maximum atomic E-state index is 11.0. The molecule has 0 bridgehead atoms. The van der Waals surface area contributed by atoms with Crippen molar-refractivity contribution in [2.75, 3.05) is 6.61 Å². The summed E-state index contributed by atoms with van der Waals surface area (Å²) in [6, 6.07) is 10.6. The van der Waals surface area contributed by atoms with Crippen LogP contribution in [0, 0.1) is 0 Å². The number of carbonyl (C=O) groups is 1. The van der Waals surface area contributed by atoms with Gasteiger partial charge in [0.2, 0.25) is 0 Å². The van der Waals surface area contributed by atoms with E-state index in [2.05, 4.69) is 4.98 Å². The van der Waals surface area contributed by atoms with Crippen LogP contribution in [0.3, 0.4) is 0 Å². The number of fused-ring (bicyclic) bond motifs is 1. The topological polar surface area (TPSA) is 79.7 Å². The maximum absolute atomic E-state index is 11.0. The second-order valence-electron chi connectivity index (χ2n) is 7.18. The molecule has 1 fully saturated rings. The summed E-state index contributed by atoms with van der Waals surface area (Å²) in [6.45, 7) is -0.295. The Morgan fingerprint density at radius 2 is 1.97 bits per heavy atom. The first-order chi connectivity index (χ1) is 14.5. The molecular formula is C23H19Cl2NO4. The third-order valence-electron chi connectivity index (χ3n) is 5.07. The molecule has 1 aromatic heterocycles. The van der Waals surface area contributed by atoms with E-state index in [-0.39, 0.29) is 6.61 Å². The molecule has 5 nitrogen and oxygen atoms in total. The minimum atomic E-state index is -1.00. The molecule has 30 heavy (non-hydrogen) atoms. The number of aliphatic hydroxyl groups excluding tert-OH is 1. The van der Waals surface area contributed by atoms with E-state index in [1.165, 1.54) is 0 Å². The Morgan fingerprint density at radius 1 is 1.23 bits per heavy atom. The van der Waals surface area contributed by atoms with Crippen LogP contribution in [-0.2, 0) is 4.79 Å². The highest BCUT2D eigenvalue weighted by atomic mass is 35.5. The molecule has 1 aliphatic rings. The van der Waals surface area contributed by atoms with E-state index in [4.69, 9.17) is 33.0 Å². The number of carboxylic acids is 1. The van der Waals surface area contributed by atoms with Crippen LogP contribution in [0.1, 0.15) is 41.6 Å². The minimum Gasteiger partial charge on any atom is -0.483 e. The Hall–Kier alpha value is -2.60. The summed E-state index contributed by atoms with van der Waals surface area (Å²) in [5.74, 6) is -0.0946. The Bertz CT molecular complexity index is 1120. The first-order valence-electron chi connectivity index (χ1n) is 9.53. The molecule has 7 heteroatoms. The molecule has 1 atom stereocenters. The SMILES string of the molecule is O=C(O)/C=C/c1cnc2ccc(O[C@@H](CO)c3c(Cl)cccc3Cl)cc2c1C1CC1. The van der Waals surface area contributed by atoms with E-state index in [0.717, 1.165) is 40.9 Å². The Labute approximate surface area is 183 Å². The average molecular weight is 444 g/mol. The molecule has 1 saturated carbocycles. The van der Waals surface area contributed by atoms with Crippen LogP contribution in [0.5, 0.6) is 5.75 Å². The second kappa shape index (κ2) is 8.64. The summed E-state index contributed by atoms with van der Waals surface area (Å²) in [4.78, 5) is 15.4. The fraction of sp³-hybridized carbons (Fsp3) is 0.217. The maximum Gasteiger partial charge on any atom is 0.328 e. The van der Waals surface area contributed by atoms with Crippen molar-refractivity contribution >= 4 is 46.2 Å². The zero-order valence-electron chi connectivity index (χ0n) is 15.9. The Morgan fingerprint density at radius 3 is 2.60 bits per heavy atom. The van der Waals surface area contributed by atoms with Gasteiger partial charge in [0.15, 0.2) is 0 Å². The van der Waals surface area contributed by atoms with Crippen molar-refractivity contribution in [1.29, 1.82) is 0 Å². The number of nitrogens with zero attached hydrogens (tertiary/aromatic N) is 1. The van der Waals surface area contributed by atoms with Crippen LogP contribution in [-0.4, -0.2) is 27.8 Å². The highest BCUT2D eigenvalue weighted by molar-refractivity contribution is 6.36. The Kier molecular flexibility index (Phi) is 5.95. The number of halogens is 2. The van der Waals surface area contributed by atoms with Crippen LogP contribution in [0.25, 0.3) is 17.0 Å². The fourth-order valence-corrected chi connectivity index (χ4v) is 4.21. The third kappa shape index (κ3) is 4.29. The van der Waals surface area contributed by atoms with Crippen LogP contribution in [0.2, 0.25) is 10.0 Å². The van der Waals surface area contributed by atoms with Crippen LogP contribution >= 0.6 is 23.2 Å². The molecule has 0 aliphatic heterocycles. The lowest BCUT2D eigenvalue weighted by atomic mass is 9.99. The van der Waals surface area contributed by atoms with Crippen molar-refractivity contribution < 1.29 is 19.7 Å². The van der Waals surface area contributed by atoms with Crippen molar-refractivity contribution in [1.82, 2.24) is 4.98 Å². The number of hydrogen-bond donors (Lipinski definition) is 2. The van der Waals surface area contributed by atoms with Crippen molar-refractivity contribution in [2.45, 2.75) is 24.9 Å². The first-order valence-corrected chi connectivity index (χ1v) is 10.3. The third-order valence-corrected chi connectivity index (χ3v) is 5.73. The lowest BCUT2D eigenvalue weighted by molar-refractivity contribution is -0.131. The van der Waals surface area contributed by atoms with Gasteiger partial charge in [0, 0.05) is 33.3 Å². The van der Waals surface area contributed by atoms with Gasteiger partial charge in [-0.25, -0.2) is 4.79 Å². The van der Waals surface area contributed by atoms with Gasteiger partial charge in [-0.15, -0.1) is 0 Å². The molecule has 1 aliphatic carbocycles. The van der Waals surface area contributed by atoms with Crippen LogP contribution in [0.4, 0.5) is 0 Å². The van der Waals surface area contributed by atoms with Crippen molar-refractivity contribution in [3.05, 3.63) is 75.4 Å². The van der Waals surface area contributed by atoms with Gasteiger partial charge >= 0.3 is 5.97 Å². The summed E-state index contributed by atoms with van der Waals surface area (Å²) < 4.78 is 6.05. The van der Waals surface area contributed by atoms with Gasteiger partial charge in [0.25, 0.3) is 0 Å². The monoisotopic (exact) mass is 443 g/mol. The van der Waals surface area contributed by atoms with Gasteiger partial charge < -0.3 is 14.9 Å². The van der Waals surface area contributed by atoms with E-state index in [1.807, 2.05) is 12.1 Å². The number of benzene rings is 2. The van der Waals surface area contributed by atoms with Crippen molar-refractivity contribution in [2.24, 2.45) is 0 Å². The lowest BCUT2D eigenvalue weighted by Gasteiger charge is -2.20. The van der Waals surface area contributed by atoms with Gasteiger partial charge in [-0.3, -0.25) is 4.98 Å². The van der Waals surface area contributed by atoms with Gasteiger partial charge in [-0.05, 0) is 66.3 Å². The smallest absolute Gasteiger partial charge is 0.328 e. The number of ether oxygens (including phenoxy) is 1. The van der Waals surface area contributed by atoms with E-state index in [1.54, 1.807) is 36.5 Å². The number of aliphatic carboxylic acids is 1. The van der Waals surface area contributed by atoms with Crippen molar-refractivity contribution in [3.63, 3.8) is 0 Å².